The van der Waals surface area contributed by atoms with Crippen LogP contribution in [-0.4, -0.2) is 45.7 Å². The number of pyridine rings is 1. The lowest BCUT2D eigenvalue weighted by Crippen LogP contribution is -2.56. The summed E-state index contributed by atoms with van der Waals surface area (Å²) in [6.07, 6.45) is 9.41. The molecule has 2 aromatic rings. The fourth-order valence-electron chi connectivity index (χ4n) is 4.09. The zero-order valence-electron chi connectivity index (χ0n) is 15.2. The van der Waals surface area contributed by atoms with Crippen LogP contribution in [0, 0.1) is 5.92 Å². The number of fused-ring (bicyclic) bond motifs is 1. The van der Waals surface area contributed by atoms with Crippen LogP contribution in [-0.2, 0) is 16.1 Å². The lowest BCUT2D eigenvalue weighted by molar-refractivity contribution is -0.143. The van der Waals surface area contributed by atoms with E-state index in [0.717, 1.165) is 29.8 Å². The van der Waals surface area contributed by atoms with E-state index in [1.54, 1.807) is 23.6 Å². The quantitative estimate of drug-likeness (QED) is 0.765. The fraction of sp³-hybridized carbons (Fsp3) is 0.381. The Morgan fingerprint density at radius 1 is 1.30 bits per heavy atom. The van der Waals surface area contributed by atoms with Gasteiger partial charge in [-0.1, -0.05) is 12.1 Å². The third kappa shape index (κ3) is 4.11. The van der Waals surface area contributed by atoms with Gasteiger partial charge in [-0.25, -0.2) is 0 Å². The lowest BCUT2D eigenvalue weighted by Gasteiger charge is -2.47. The maximum Gasteiger partial charge on any atom is 0.246 e. The van der Waals surface area contributed by atoms with Crippen LogP contribution in [0.5, 0.6) is 0 Å². The van der Waals surface area contributed by atoms with E-state index in [1.807, 2.05) is 51.7 Å². The molecule has 2 fully saturated rings. The molecule has 0 aromatic carbocycles. The average Bonchev–Trinajstić information content (AvgIpc) is 3.22. The van der Waals surface area contributed by atoms with Crippen molar-refractivity contribution in [3.63, 3.8) is 0 Å². The molecular formula is C21H23N3O2S. The topological polar surface area (TPSA) is 53.5 Å². The normalized spacial score (nSPS) is 22.9. The Morgan fingerprint density at radius 2 is 2.22 bits per heavy atom. The van der Waals surface area contributed by atoms with Crippen LogP contribution in [0.4, 0.5) is 0 Å². The summed E-state index contributed by atoms with van der Waals surface area (Å²) >= 11 is 1.62. The minimum Gasteiger partial charge on any atom is -0.339 e. The Hall–Kier alpha value is -2.47. The summed E-state index contributed by atoms with van der Waals surface area (Å²) in [5, 5.41) is 2.01. The Kier molecular flexibility index (Phi) is 5.34. The first kappa shape index (κ1) is 17.9. The van der Waals surface area contributed by atoms with E-state index < -0.39 is 0 Å². The number of piperidine rings is 2. The Bertz CT molecular complexity index is 819. The molecule has 0 unspecified atom stereocenters. The highest BCUT2D eigenvalue weighted by atomic mass is 32.1. The second-order valence-corrected chi connectivity index (χ2v) is 8.15. The van der Waals surface area contributed by atoms with Crippen molar-refractivity contribution in [1.29, 1.82) is 0 Å². The summed E-state index contributed by atoms with van der Waals surface area (Å²) in [5.41, 5.74) is 1.06. The summed E-state index contributed by atoms with van der Waals surface area (Å²) in [6, 6.07) is 8.12. The largest absolute Gasteiger partial charge is 0.339 e. The van der Waals surface area contributed by atoms with Crippen LogP contribution < -0.4 is 0 Å². The highest BCUT2D eigenvalue weighted by Gasteiger charge is 2.39. The molecule has 6 heteroatoms. The number of rotatable bonds is 4. The molecule has 2 aliphatic rings. The SMILES string of the molecule is O=C(/C=C/c1cccs1)N1CC[C@@H]2[C@@H](CCC(=O)N2Cc2cccnc2)C1. The highest BCUT2D eigenvalue weighted by Crippen LogP contribution is 2.32. The number of nitrogens with zero attached hydrogens (tertiary/aromatic N) is 3. The number of aromatic nitrogens is 1. The molecule has 5 nitrogen and oxygen atoms in total. The summed E-state index contributed by atoms with van der Waals surface area (Å²) in [4.78, 5) is 34.3. The molecule has 2 atom stereocenters. The van der Waals surface area contributed by atoms with Crippen LogP contribution in [0.2, 0.25) is 0 Å². The minimum absolute atomic E-state index is 0.0672. The maximum absolute atomic E-state index is 12.6. The molecule has 0 bridgehead atoms. The molecule has 4 heterocycles. The van der Waals surface area contributed by atoms with Crippen molar-refractivity contribution in [3.05, 3.63) is 58.6 Å². The van der Waals surface area contributed by atoms with E-state index in [4.69, 9.17) is 0 Å². The van der Waals surface area contributed by atoms with Crippen molar-refractivity contribution < 1.29 is 9.59 Å². The maximum atomic E-state index is 12.6. The van der Waals surface area contributed by atoms with Gasteiger partial charge >= 0.3 is 0 Å². The minimum atomic E-state index is 0.0672. The fourth-order valence-corrected chi connectivity index (χ4v) is 4.71. The van der Waals surface area contributed by atoms with E-state index in [2.05, 4.69) is 4.98 Å². The van der Waals surface area contributed by atoms with Gasteiger partial charge in [0.15, 0.2) is 0 Å². The van der Waals surface area contributed by atoms with Crippen molar-refractivity contribution in [2.45, 2.75) is 31.8 Å². The molecule has 2 aromatic heterocycles. The Balaban J connectivity index is 1.41. The standard InChI is InChI=1S/C21H23N3O2S/c25-20(8-6-18-4-2-12-27-18)23-11-9-19-17(15-23)5-7-21(26)24(19)14-16-3-1-10-22-13-16/h1-4,6,8,10,12-13,17,19H,5,7,9,11,14-15H2/b8-6+/t17-,19+/m0/s1. The first-order valence-corrected chi connectivity index (χ1v) is 10.3. The molecule has 2 aliphatic heterocycles. The number of thiophene rings is 1. The average molecular weight is 382 g/mol. The van der Waals surface area contributed by atoms with Gasteiger partial charge in [0.2, 0.25) is 11.8 Å². The molecule has 27 heavy (non-hydrogen) atoms. The van der Waals surface area contributed by atoms with Gasteiger partial charge in [-0.2, -0.15) is 0 Å². The van der Waals surface area contributed by atoms with Crippen molar-refractivity contribution in [2.24, 2.45) is 5.92 Å². The van der Waals surface area contributed by atoms with Crippen molar-refractivity contribution in [3.8, 4) is 0 Å². The van der Waals surface area contributed by atoms with E-state index >= 15 is 0 Å². The summed E-state index contributed by atoms with van der Waals surface area (Å²) < 4.78 is 0. The lowest BCUT2D eigenvalue weighted by atomic mass is 9.83. The van der Waals surface area contributed by atoms with Crippen LogP contribution in [0.3, 0.4) is 0 Å². The van der Waals surface area contributed by atoms with Crippen LogP contribution in [0.25, 0.3) is 6.08 Å². The molecule has 0 N–H and O–H groups in total. The molecule has 0 saturated carbocycles. The monoisotopic (exact) mass is 381 g/mol. The molecule has 0 spiro atoms. The summed E-state index contributed by atoms with van der Waals surface area (Å²) in [7, 11) is 0. The van der Waals surface area contributed by atoms with Crippen LogP contribution in [0.1, 0.15) is 29.7 Å². The highest BCUT2D eigenvalue weighted by molar-refractivity contribution is 7.10. The van der Waals surface area contributed by atoms with Crippen molar-refractivity contribution in [2.75, 3.05) is 13.1 Å². The van der Waals surface area contributed by atoms with Crippen molar-refractivity contribution in [1.82, 2.24) is 14.8 Å². The van der Waals surface area contributed by atoms with Gasteiger partial charge in [-0.3, -0.25) is 14.6 Å². The molecule has 0 aliphatic carbocycles. The number of carbonyl (C=O) groups is 2. The first-order valence-electron chi connectivity index (χ1n) is 9.39. The number of hydrogen-bond donors (Lipinski definition) is 0. The van der Waals surface area contributed by atoms with E-state index in [9.17, 15) is 9.59 Å². The number of likely N-dealkylation sites (tertiary alicyclic amines) is 2. The van der Waals surface area contributed by atoms with Gasteiger partial charge in [0.05, 0.1) is 0 Å². The predicted molar refractivity (Wildman–Crippen MR) is 106 cm³/mol. The van der Waals surface area contributed by atoms with Gasteiger partial charge in [0, 0.05) is 55.4 Å². The van der Waals surface area contributed by atoms with Crippen LogP contribution >= 0.6 is 11.3 Å². The zero-order chi connectivity index (χ0) is 18.6. The molecule has 4 rings (SSSR count). The predicted octanol–water partition coefficient (Wildman–Crippen LogP) is 3.20. The third-order valence-electron chi connectivity index (χ3n) is 5.46. The number of amides is 2. The zero-order valence-corrected chi connectivity index (χ0v) is 16.0. The number of carbonyl (C=O) groups excluding carboxylic acids is 2. The van der Waals surface area contributed by atoms with Gasteiger partial charge in [-0.15, -0.1) is 11.3 Å². The van der Waals surface area contributed by atoms with Gasteiger partial charge < -0.3 is 9.80 Å². The Morgan fingerprint density at radius 3 is 3.00 bits per heavy atom. The van der Waals surface area contributed by atoms with E-state index in [-0.39, 0.29) is 17.9 Å². The number of hydrogen-bond acceptors (Lipinski definition) is 4. The molecule has 2 saturated heterocycles. The van der Waals surface area contributed by atoms with Gasteiger partial charge in [0.25, 0.3) is 0 Å². The van der Waals surface area contributed by atoms with Crippen molar-refractivity contribution >= 4 is 29.2 Å². The second kappa shape index (κ2) is 8.05. The molecule has 2 amide bonds. The van der Waals surface area contributed by atoms with Gasteiger partial charge in [-0.05, 0) is 47.9 Å². The first-order chi connectivity index (χ1) is 13.2. The third-order valence-corrected chi connectivity index (χ3v) is 6.30. The molecular weight excluding hydrogens is 358 g/mol. The summed E-state index contributed by atoms with van der Waals surface area (Å²) in [5.74, 6) is 0.641. The van der Waals surface area contributed by atoms with Gasteiger partial charge in [0.1, 0.15) is 0 Å². The van der Waals surface area contributed by atoms with E-state index in [1.165, 1.54) is 0 Å². The molecule has 140 valence electrons. The van der Waals surface area contributed by atoms with Crippen LogP contribution in [0.15, 0.2) is 48.1 Å². The molecule has 0 radical (unpaired) electrons. The Labute approximate surface area is 163 Å². The smallest absolute Gasteiger partial charge is 0.246 e. The summed E-state index contributed by atoms with van der Waals surface area (Å²) in [6.45, 7) is 2.04. The van der Waals surface area contributed by atoms with E-state index in [0.29, 0.717) is 25.4 Å². The second-order valence-electron chi connectivity index (χ2n) is 7.17.